The number of rotatable bonds is 6. The Balaban J connectivity index is 0.00000364. The van der Waals surface area contributed by atoms with Crippen LogP contribution < -0.4 is 16.0 Å². The summed E-state index contributed by atoms with van der Waals surface area (Å²) in [5, 5.41) is 9.36. The zero-order valence-corrected chi connectivity index (χ0v) is 18.8. The summed E-state index contributed by atoms with van der Waals surface area (Å²) >= 11 is 0. The van der Waals surface area contributed by atoms with Gasteiger partial charge in [0.2, 0.25) is 0 Å². The van der Waals surface area contributed by atoms with Crippen LogP contribution in [0, 0.1) is 11.7 Å². The number of halogens is 2. The number of carbonyl (C=O) groups excluding carboxylic acids is 1. The minimum absolute atomic E-state index is 0. The monoisotopic (exact) mass is 491 g/mol. The number of benzene rings is 1. The zero-order chi connectivity index (χ0) is 19.1. The lowest BCUT2D eigenvalue weighted by Crippen LogP contribution is -2.48. The molecule has 1 saturated heterocycles. The molecule has 0 aromatic heterocycles. The predicted molar refractivity (Wildman–Crippen MR) is 118 cm³/mol. The second-order valence-electron chi connectivity index (χ2n) is 7.01. The van der Waals surface area contributed by atoms with E-state index in [1.54, 1.807) is 19.2 Å². The highest BCUT2D eigenvalue weighted by Gasteiger charge is 2.31. The molecule has 2 rings (SSSR count). The van der Waals surface area contributed by atoms with Crippen molar-refractivity contribution in [3.8, 4) is 0 Å². The fraction of sp³-hybridized carbons (Fsp3) is 0.579. The highest BCUT2D eigenvalue weighted by atomic mass is 127. The third-order valence-corrected chi connectivity index (χ3v) is 4.74. The normalized spacial score (nSPS) is 20.3. The summed E-state index contributed by atoms with van der Waals surface area (Å²) in [4.78, 5) is 18.7. The van der Waals surface area contributed by atoms with Crippen molar-refractivity contribution in [1.29, 1.82) is 0 Å². The molecule has 0 aliphatic carbocycles. The number of guanidine groups is 1. The third kappa shape index (κ3) is 6.91. The summed E-state index contributed by atoms with van der Waals surface area (Å²) in [5.41, 5.74) is 0.0589. The molecule has 0 saturated carbocycles. The molecule has 1 amide bonds. The Bertz CT molecular complexity index is 640. The molecule has 1 aliphatic heterocycles. The van der Waals surface area contributed by atoms with Crippen LogP contribution in [0.3, 0.4) is 0 Å². The lowest BCUT2D eigenvalue weighted by atomic mass is 10.1. The molecular weight excluding hydrogens is 460 g/mol. The van der Waals surface area contributed by atoms with Gasteiger partial charge in [-0.05, 0) is 31.9 Å². The molecule has 1 fully saturated rings. The molecule has 1 heterocycles. The van der Waals surface area contributed by atoms with E-state index in [-0.39, 0.29) is 29.5 Å². The number of likely N-dealkylation sites (tertiary alicyclic amines) is 1. The number of aliphatic imine (C=N–C) groups is 1. The Hall–Kier alpha value is -1.42. The summed E-state index contributed by atoms with van der Waals surface area (Å²) in [6, 6.07) is 6.84. The van der Waals surface area contributed by atoms with Crippen molar-refractivity contribution < 1.29 is 9.18 Å². The van der Waals surface area contributed by atoms with E-state index in [2.05, 4.69) is 46.6 Å². The van der Waals surface area contributed by atoms with Crippen molar-refractivity contribution in [3.63, 3.8) is 0 Å². The first-order chi connectivity index (χ1) is 12.4. The average Bonchev–Trinajstić information content (AvgIpc) is 2.98. The van der Waals surface area contributed by atoms with E-state index in [0.717, 1.165) is 13.1 Å². The standard InChI is InChI=1S/C19H30FN5O.HI/c1-13(2)25-11-14(3)17(12-25)24-19(21-4)23-10-9-22-18(26)15-7-5-6-8-16(15)20;/h5-8,13-14,17H,9-12H2,1-4H3,(H,22,26)(H2,21,23,24);1H. The maximum absolute atomic E-state index is 13.6. The SMILES string of the molecule is CN=C(NCCNC(=O)c1ccccc1F)NC1CN(C(C)C)CC1C.I. The highest BCUT2D eigenvalue weighted by molar-refractivity contribution is 14.0. The molecule has 2 unspecified atom stereocenters. The van der Waals surface area contributed by atoms with Crippen LogP contribution in [0.4, 0.5) is 4.39 Å². The number of nitrogens with one attached hydrogen (secondary N) is 3. The van der Waals surface area contributed by atoms with Crippen LogP contribution in [0.5, 0.6) is 0 Å². The summed E-state index contributed by atoms with van der Waals surface area (Å²) in [6.07, 6.45) is 0. The van der Waals surface area contributed by atoms with Gasteiger partial charge in [-0.25, -0.2) is 4.39 Å². The fourth-order valence-electron chi connectivity index (χ4n) is 3.08. The molecule has 27 heavy (non-hydrogen) atoms. The Morgan fingerprint density at radius 2 is 1.93 bits per heavy atom. The molecular formula is C19H31FIN5O. The molecule has 0 radical (unpaired) electrons. The average molecular weight is 491 g/mol. The third-order valence-electron chi connectivity index (χ3n) is 4.74. The predicted octanol–water partition coefficient (Wildman–Crippen LogP) is 2.07. The first kappa shape index (κ1) is 23.6. The first-order valence-corrected chi connectivity index (χ1v) is 9.16. The lowest BCUT2D eigenvalue weighted by molar-refractivity contribution is 0.0950. The van der Waals surface area contributed by atoms with Gasteiger partial charge in [-0.1, -0.05) is 19.1 Å². The Labute approximate surface area is 178 Å². The van der Waals surface area contributed by atoms with Gasteiger partial charge in [0.1, 0.15) is 5.82 Å². The molecule has 6 nitrogen and oxygen atoms in total. The van der Waals surface area contributed by atoms with E-state index >= 15 is 0 Å². The van der Waals surface area contributed by atoms with Gasteiger partial charge in [-0.15, -0.1) is 24.0 Å². The number of hydrogen-bond donors (Lipinski definition) is 3. The van der Waals surface area contributed by atoms with E-state index in [4.69, 9.17) is 0 Å². The quantitative estimate of drug-likeness (QED) is 0.247. The molecule has 2 atom stereocenters. The van der Waals surface area contributed by atoms with Crippen LogP contribution >= 0.6 is 24.0 Å². The number of hydrogen-bond acceptors (Lipinski definition) is 3. The van der Waals surface area contributed by atoms with Gasteiger partial charge in [-0.3, -0.25) is 14.7 Å². The van der Waals surface area contributed by atoms with Crippen molar-refractivity contribution in [2.24, 2.45) is 10.9 Å². The summed E-state index contributed by atoms with van der Waals surface area (Å²) in [7, 11) is 1.73. The van der Waals surface area contributed by atoms with E-state index in [0.29, 0.717) is 37.1 Å². The van der Waals surface area contributed by atoms with Gasteiger partial charge in [-0.2, -0.15) is 0 Å². The fourth-order valence-corrected chi connectivity index (χ4v) is 3.08. The van der Waals surface area contributed by atoms with Gasteiger partial charge >= 0.3 is 0 Å². The zero-order valence-electron chi connectivity index (χ0n) is 16.5. The molecule has 1 aromatic carbocycles. The van der Waals surface area contributed by atoms with Crippen molar-refractivity contribution >= 4 is 35.8 Å². The van der Waals surface area contributed by atoms with Crippen LogP contribution in [0.15, 0.2) is 29.3 Å². The molecule has 152 valence electrons. The maximum atomic E-state index is 13.6. The first-order valence-electron chi connectivity index (χ1n) is 9.16. The van der Waals surface area contributed by atoms with Crippen molar-refractivity contribution in [1.82, 2.24) is 20.9 Å². The molecule has 0 spiro atoms. The summed E-state index contributed by atoms with van der Waals surface area (Å²) in [5.74, 6) is 0.328. The highest BCUT2D eigenvalue weighted by Crippen LogP contribution is 2.18. The van der Waals surface area contributed by atoms with E-state index in [1.807, 2.05) is 0 Å². The second-order valence-corrected chi connectivity index (χ2v) is 7.01. The van der Waals surface area contributed by atoms with Gasteiger partial charge in [0.15, 0.2) is 5.96 Å². The van der Waals surface area contributed by atoms with Gasteiger partial charge < -0.3 is 16.0 Å². The van der Waals surface area contributed by atoms with Crippen LogP contribution in [-0.2, 0) is 0 Å². The number of nitrogens with zero attached hydrogens (tertiary/aromatic N) is 2. The van der Waals surface area contributed by atoms with Crippen LogP contribution in [0.1, 0.15) is 31.1 Å². The summed E-state index contributed by atoms with van der Waals surface area (Å²) < 4.78 is 13.6. The van der Waals surface area contributed by atoms with Crippen LogP contribution in [0.2, 0.25) is 0 Å². The Kier molecular flexibility index (Phi) is 10.00. The van der Waals surface area contributed by atoms with Crippen LogP contribution in [-0.4, -0.2) is 62.1 Å². The Morgan fingerprint density at radius 1 is 1.26 bits per heavy atom. The van der Waals surface area contributed by atoms with Gasteiger partial charge in [0.05, 0.1) is 5.56 Å². The number of amides is 1. The van der Waals surface area contributed by atoms with Gasteiger partial charge in [0.25, 0.3) is 5.91 Å². The smallest absolute Gasteiger partial charge is 0.254 e. The van der Waals surface area contributed by atoms with E-state index in [9.17, 15) is 9.18 Å². The summed E-state index contributed by atoms with van der Waals surface area (Å²) in [6.45, 7) is 9.61. The van der Waals surface area contributed by atoms with Crippen molar-refractivity contribution in [2.45, 2.75) is 32.9 Å². The molecule has 1 aromatic rings. The topological polar surface area (TPSA) is 68.8 Å². The second kappa shape index (κ2) is 11.4. The van der Waals surface area contributed by atoms with Crippen LogP contribution in [0.25, 0.3) is 0 Å². The largest absolute Gasteiger partial charge is 0.355 e. The Morgan fingerprint density at radius 3 is 2.52 bits per heavy atom. The molecule has 3 N–H and O–H groups in total. The molecule has 1 aliphatic rings. The number of carbonyl (C=O) groups is 1. The maximum Gasteiger partial charge on any atom is 0.254 e. The van der Waals surface area contributed by atoms with Gasteiger partial charge in [0, 0.05) is 45.3 Å². The van der Waals surface area contributed by atoms with Crippen molar-refractivity contribution in [3.05, 3.63) is 35.6 Å². The van der Waals surface area contributed by atoms with Crippen molar-refractivity contribution in [2.75, 3.05) is 33.2 Å². The van der Waals surface area contributed by atoms with E-state index in [1.165, 1.54) is 12.1 Å². The van der Waals surface area contributed by atoms with E-state index < -0.39 is 11.7 Å². The molecule has 8 heteroatoms. The molecule has 0 bridgehead atoms. The minimum atomic E-state index is -0.514. The lowest BCUT2D eigenvalue weighted by Gasteiger charge is -2.22. The minimum Gasteiger partial charge on any atom is -0.355 e.